The maximum Gasteiger partial charge on any atom is 0.264 e. The molecule has 7 nitrogen and oxygen atoms in total. The Labute approximate surface area is 256 Å². The van der Waals surface area contributed by atoms with Gasteiger partial charge >= 0.3 is 0 Å². The highest BCUT2D eigenvalue weighted by atomic mass is 79.9. The lowest BCUT2D eigenvalue weighted by molar-refractivity contribution is -0.139. The number of amides is 2. The molecule has 4 rings (SSSR count). The van der Waals surface area contributed by atoms with Gasteiger partial charge in [0.05, 0.1) is 10.6 Å². The number of aryl methyl sites for hydroxylation is 2. The monoisotopic (exact) mass is 659 g/mol. The summed E-state index contributed by atoms with van der Waals surface area (Å²) in [5.74, 6) is -0.738. The van der Waals surface area contributed by atoms with E-state index in [1.807, 2.05) is 44.2 Å². The Morgan fingerprint density at radius 1 is 0.976 bits per heavy atom. The smallest absolute Gasteiger partial charge is 0.264 e. The van der Waals surface area contributed by atoms with Crippen molar-refractivity contribution in [2.24, 2.45) is 0 Å². The Hall–Kier alpha value is -2.88. The molecular formula is C31H35BrClN3O4S. The Morgan fingerprint density at radius 2 is 1.61 bits per heavy atom. The second-order valence-electron chi connectivity index (χ2n) is 10.5. The largest absolute Gasteiger partial charge is 0.352 e. The quantitative estimate of drug-likeness (QED) is 0.273. The number of anilines is 1. The van der Waals surface area contributed by atoms with Gasteiger partial charge in [0.1, 0.15) is 12.6 Å². The minimum atomic E-state index is -4.15. The van der Waals surface area contributed by atoms with Crippen LogP contribution in [0.2, 0.25) is 5.02 Å². The first kappa shape index (κ1) is 31.1. The predicted molar refractivity (Wildman–Crippen MR) is 166 cm³/mol. The van der Waals surface area contributed by atoms with Crippen LogP contribution >= 0.6 is 27.5 Å². The number of sulfonamides is 1. The summed E-state index contributed by atoms with van der Waals surface area (Å²) in [6, 6.07) is 17.9. The van der Waals surface area contributed by atoms with E-state index in [0.717, 1.165) is 51.2 Å². The topological polar surface area (TPSA) is 86.8 Å². The first-order valence-electron chi connectivity index (χ1n) is 13.7. The van der Waals surface area contributed by atoms with Crippen LogP contribution in [-0.2, 0) is 26.2 Å². The van der Waals surface area contributed by atoms with Crippen molar-refractivity contribution in [3.05, 3.63) is 92.9 Å². The van der Waals surface area contributed by atoms with Gasteiger partial charge in [-0.25, -0.2) is 8.42 Å². The molecule has 0 spiro atoms. The highest BCUT2D eigenvalue weighted by Crippen LogP contribution is 2.27. The lowest BCUT2D eigenvalue weighted by Crippen LogP contribution is -2.52. The molecule has 1 fully saturated rings. The van der Waals surface area contributed by atoms with Crippen molar-refractivity contribution in [3.63, 3.8) is 0 Å². The van der Waals surface area contributed by atoms with Crippen LogP contribution in [0.5, 0.6) is 0 Å². The highest BCUT2D eigenvalue weighted by molar-refractivity contribution is 9.10. The molecule has 3 aromatic rings. The Bertz CT molecular complexity index is 1490. The fourth-order valence-corrected chi connectivity index (χ4v) is 6.70. The lowest BCUT2D eigenvalue weighted by Gasteiger charge is -2.32. The van der Waals surface area contributed by atoms with Crippen LogP contribution in [0.15, 0.2) is 76.1 Å². The molecule has 0 aromatic heterocycles. The number of benzene rings is 3. The molecule has 0 heterocycles. The second kappa shape index (κ2) is 13.4. The van der Waals surface area contributed by atoms with Crippen LogP contribution in [0.4, 0.5) is 5.69 Å². The standard InChI is InChI=1S/C31H35BrClN3O4S/c1-21-8-15-28(18-22(21)2)36(41(39,40)29-16-13-26(33)14-17-29)20-30(37)35(19-24-9-11-25(32)12-10-24)23(3)31(38)34-27-6-4-5-7-27/h8-18,23,27H,4-7,19-20H2,1-3H3,(H,34,38). The molecule has 2 amide bonds. The van der Waals surface area contributed by atoms with Gasteiger partial charge in [-0.3, -0.25) is 13.9 Å². The van der Waals surface area contributed by atoms with E-state index < -0.39 is 28.5 Å². The first-order chi connectivity index (χ1) is 19.5. The van der Waals surface area contributed by atoms with Crippen molar-refractivity contribution in [3.8, 4) is 0 Å². The molecule has 1 aliphatic carbocycles. The summed E-state index contributed by atoms with van der Waals surface area (Å²) in [7, 11) is -4.15. The number of carbonyl (C=O) groups excluding carboxylic acids is 2. The molecule has 0 saturated heterocycles. The van der Waals surface area contributed by atoms with Crippen molar-refractivity contribution >= 4 is 55.1 Å². The van der Waals surface area contributed by atoms with Crippen LogP contribution in [-0.4, -0.2) is 43.8 Å². The fraction of sp³-hybridized carbons (Fsp3) is 0.355. The molecule has 0 aliphatic heterocycles. The van der Waals surface area contributed by atoms with Gasteiger partial charge in [-0.2, -0.15) is 0 Å². The lowest BCUT2D eigenvalue weighted by atomic mass is 10.1. The minimum Gasteiger partial charge on any atom is -0.352 e. The van der Waals surface area contributed by atoms with E-state index in [-0.39, 0.29) is 23.4 Å². The minimum absolute atomic E-state index is 0.0133. The average molecular weight is 661 g/mol. The molecule has 1 N–H and O–H groups in total. The van der Waals surface area contributed by atoms with E-state index >= 15 is 0 Å². The highest BCUT2D eigenvalue weighted by Gasteiger charge is 2.33. The summed E-state index contributed by atoms with van der Waals surface area (Å²) < 4.78 is 29.9. The van der Waals surface area contributed by atoms with Gasteiger partial charge in [0.25, 0.3) is 10.0 Å². The molecule has 1 aliphatic rings. The van der Waals surface area contributed by atoms with Gasteiger partial charge in [0.2, 0.25) is 11.8 Å². The van der Waals surface area contributed by atoms with Crippen molar-refractivity contribution in [2.75, 3.05) is 10.8 Å². The van der Waals surface area contributed by atoms with Crippen LogP contribution < -0.4 is 9.62 Å². The van der Waals surface area contributed by atoms with Gasteiger partial charge in [0, 0.05) is 22.1 Å². The summed E-state index contributed by atoms with van der Waals surface area (Å²) in [5.41, 5.74) is 3.07. The molecule has 0 radical (unpaired) electrons. The molecule has 3 aromatic carbocycles. The second-order valence-corrected chi connectivity index (χ2v) is 13.8. The molecule has 1 atom stereocenters. The Balaban J connectivity index is 1.70. The number of carbonyl (C=O) groups is 2. The molecule has 1 unspecified atom stereocenters. The van der Waals surface area contributed by atoms with Crippen LogP contribution in [0.1, 0.15) is 49.3 Å². The molecule has 41 heavy (non-hydrogen) atoms. The van der Waals surface area contributed by atoms with E-state index in [4.69, 9.17) is 11.6 Å². The maximum atomic E-state index is 14.1. The average Bonchev–Trinajstić information content (AvgIpc) is 3.45. The molecule has 1 saturated carbocycles. The zero-order chi connectivity index (χ0) is 29.7. The van der Waals surface area contributed by atoms with Crippen LogP contribution in [0.3, 0.4) is 0 Å². The number of halogens is 2. The van der Waals surface area contributed by atoms with E-state index in [2.05, 4.69) is 21.2 Å². The number of hydrogen-bond donors (Lipinski definition) is 1. The maximum absolute atomic E-state index is 14.1. The summed E-state index contributed by atoms with van der Waals surface area (Å²) >= 11 is 9.46. The van der Waals surface area contributed by atoms with Crippen LogP contribution in [0.25, 0.3) is 0 Å². The third-order valence-corrected chi connectivity index (χ3v) is 10.2. The van der Waals surface area contributed by atoms with E-state index in [1.54, 1.807) is 19.1 Å². The van der Waals surface area contributed by atoms with E-state index in [9.17, 15) is 18.0 Å². The fourth-order valence-electron chi connectivity index (χ4n) is 4.90. The Morgan fingerprint density at radius 3 is 2.22 bits per heavy atom. The SMILES string of the molecule is Cc1ccc(N(CC(=O)N(Cc2ccc(Br)cc2)C(C)C(=O)NC2CCCC2)S(=O)(=O)c2ccc(Cl)cc2)cc1C. The predicted octanol–water partition coefficient (Wildman–Crippen LogP) is 6.39. The van der Waals surface area contributed by atoms with Gasteiger partial charge in [-0.15, -0.1) is 0 Å². The summed E-state index contributed by atoms with van der Waals surface area (Å²) in [6.07, 6.45) is 3.96. The summed E-state index contributed by atoms with van der Waals surface area (Å²) in [6.45, 7) is 5.18. The zero-order valence-corrected chi connectivity index (χ0v) is 26.6. The third-order valence-electron chi connectivity index (χ3n) is 7.59. The van der Waals surface area contributed by atoms with Crippen LogP contribution in [0, 0.1) is 13.8 Å². The molecule has 0 bridgehead atoms. The number of hydrogen-bond acceptors (Lipinski definition) is 4. The summed E-state index contributed by atoms with van der Waals surface area (Å²) in [5, 5.41) is 3.49. The first-order valence-corrected chi connectivity index (χ1v) is 16.3. The van der Waals surface area contributed by atoms with Crippen molar-refractivity contribution < 1.29 is 18.0 Å². The van der Waals surface area contributed by atoms with E-state index in [1.165, 1.54) is 29.2 Å². The molecular weight excluding hydrogens is 626 g/mol. The van der Waals surface area contributed by atoms with Crippen molar-refractivity contribution in [1.82, 2.24) is 10.2 Å². The number of nitrogens with zero attached hydrogens (tertiary/aromatic N) is 2. The molecule has 218 valence electrons. The van der Waals surface area contributed by atoms with Crippen molar-refractivity contribution in [2.45, 2.75) is 70.0 Å². The van der Waals surface area contributed by atoms with Gasteiger partial charge in [0.15, 0.2) is 0 Å². The molecule has 10 heteroatoms. The van der Waals surface area contributed by atoms with E-state index in [0.29, 0.717) is 10.7 Å². The normalized spacial score (nSPS) is 14.5. The van der Waals surface area contributed by atoms with Gasteiger partial charge in [-0.1, -0.05) is 58.6 Å². The summed E-state index contributed by atoms with van der Waals surface area (Å²) in [4.78, 5) is 28.9. The van der Waals surface area contributed by atoms with Crippen molar-refractivity contribution in [1.29, 1.82) is 0 Å². The third kappa shape index (κ3) is 7.70. The van der Waals surface area contributed by atoms with Gasteiger partial charge < -0.3 is 10.2 Å². The number of nitrogens with one attached hydrogen (secondary N) is 1. The van der Waals surface area contributed by atoms with Gasteiger partial charge in [-0.05, 0) is 98.8 Å². The Kier molecular flexibility index (Phi) is 10.2. The zero-order valence-electron chi connectivity index (χ0n) is 23.4. The number of rotatable bonds is 10.